The highest BCUT2D eigenvalue weighted by Gasteiger charge is 2.15. The molecule has 0 aliphatic heterocycles. The topological polar surface area (TPSA) is 65.1 Å². The zero-order valence-corrected chi connectivity index (χ0v) is 12.6. The second kappa shape index (κ2) is 8.97. The van der Waals surface area contributed by atoms with Crippen molar-refractivity contribution >= 4 is 11.9 Å². The molecule has 0 fully saturated rings. The van der Waals surface area contributed by atoms with Crippen molar-refractivity contribution in [3.63, 3.8) is 0 Å². The number of nitrogens with zero attached hydrogens (tertiary/aromatic N) is 1. The first kappa shape index (κ1) is 17.0. The van der Waals surface area contributed by atoms with Crippen LogP contribution in [0.1, 0.15) is 5.56 Å². The summed E-state index contributed by atoms with van der Waals surface area (Å²) in [6.07, 6.45) is 0. The highest BCUT2D eigenvalue weighted by atomic mass is 16.5. The summed E-state index contributed by atoms with van der Waals surface area (Å²) in [5, 5.41) is 0. The summed E-state index contributed by atoms with van der Waals surface area (Å²) in [5.41, 5.74) is 1.03. The quantitative estimate of drug-likeness (QED) is 0.667. The molecule has 0 atom stereocenters. The van der Waals surface area contributed by atoms with Gasteiger partial charge in [-0.15, -0.1) is 0 Å². The van der Waals surface area contributed by atoms with Crippen LogP contribution in [0.4, 0.5) is 0 Å². The van der Waals surface area contributed by atoms with Gasteiger partial charge in [-0.1, -0.05) is 18.2 Å². The molecule has 1 aromatic carbocycles. The molecule has 21 heavy (non-hydrogen) atoms. The zero-order chi connectivity index (χ0) is 15.7. The Hall–Kier alpha value is -2.08. The predicted molar refractivity (Wildman–Crippen MR) is 77.1 cm³/mol. The van der Waals surface area contributed by atoms with Crippen LogP contribution in [-0.4, -0.2) is 57.3 Å². The summed E-state index contributed by atoms with van der Waals surface area (Å²) in [6.45, 7) is 2.76. The second-order valence-electron chi connectivity index (χ2n) is 4.48. The predicted octanol–water partition coefficient (Wildman–Crippen LogP) is 1.02. The van der Waals surface area contributed by atoms with E-state index in [2.05, 4.69) is 9.47 Å². The van der Waals surface area contributed by atoms with E-state index in [1.807, 2.05) is 31.2 Å². The maximum Gasteiger partial charge on any atom is 0.319 e. The van der Waals surface area contributed by atoms with Crippen molar-refractivity contribution in [2.45, 2.75) is 6.92 Å². The minimum Gasteiger partial charge on any atom is -0.492 e. The summed E-state index contributed by atoms with van der Waals surface area (Å²) < 4.78 is 14.9. The monoisotopic (exact) mass is 295 g/mol. The Morgan fingerprint density at radius 2 is 1.62 bits per heavy atom. The van der Waals surface area contributed by atoms with E-state index in [4.69, 9.17) is 4.74 Å². The summed E-state index contributed by atoms with van der Waals surface area (Å²) in [7, 11) is 2.62. The van der Waals surface area contributed by atoms with Crippen LogP contribution in [0.3, 0.4) is 0 Å². The first-order valence-electron chi connectivity index (χ1n) is 6.61. The van der Waals surface area contributed by atoms with E-state index in [0.29, 0.717) is 13.2 Å². The molecule has 0 unspecified atom stereocenters. The van der Waals surface area contributed by atoms with E-state index in [1.165, 1.54) is 14.2 Å². The van der Waals surface area contributed by atoms with Gasteiger partial charge in [0.25, 0.3) is 0 Å². The van der Waals surface area contributed by atoms with Crippen molar-refractivity contribution in [3.8, 4) is 5.75 Å². The Labute approximate surface area is 124 Å². The van der Waals surface area contributed by atoms with Crippen molar-refractivity contribution < 1.29 is 23.8 Å². The van der Waals surface area contributed by atoms with Crippen molar-refractivity contribution in [1.82, 2.24) is 4.90 Å². The minimum absolute atomic E-state index is 0.0166. The molecule has 0 aromatic heterocycles. The maximum atomic E-state index is 11.3. The highest BCUT2D eigenvalue weighted by Crippen LogP contribution is 2.15. The number of aryl methyl sites for hydroxylation is 1. The lowest BCUT2D eigenvalue weighted by Crippen LogP contribution is -2.38. The Kier molecular flexibility index (Phi) is 7.25. The molecule has 0 heterocycles. The Morgan fingerprint density at radius 1 is 1.05 bits per heavy atom. The molecule has 0 saturated carbocycles. The second-order valence-corrected chi connectivity index (χ2v) is 4.48. The Morgan fingerprint density at radius 3 is 2.14 bits per heavy atom. The molecule has 0 aliphatic carbocycles. The van der Waals surface area contributed by atoms with Gasteiger partial charge < -0.3 is 14.2 Å². The van der Waals surface area contributed by atoms with Crippen LogP contribution in [0.15, 0.2) is 24.3 Å². The van der Waals surface area contributed by atoms with Gasteiger partial charge in [0.05, 0.1) is 27.3 Å². The van der Waals surface area contributed by atoms with E-state index >= 15 is 0 Å². The standard InChI is InChI=1S/C15H21NO5/c1-12-6-4-5-7-13(12)21-9-8-16(10-14(17)19-2)11-15(18)20-3/h4-7H,8-11H2,1-3H3. The van der Waals surface area contributed by atoms with E-state index in [1.54, 1.807) is 4.90 Å². The van der Waals surface area contributed by atoms with Crippen molar-refractivity contribution in [2.24, 2.45) is 0 Å². The lowest BCUT2D eigenvalue weighted by Gasteiger charge is -2.20. The molecule has 6 nitrogen and oxygen atoms in total. The van der Waals surface area contributed by atoms with Crippen LogP contribution in [0.5, 0.6) is 5.75 Å². The Bertz CT molecular complexity index is 457. The van der Waals surface area contributed by atoms with Crippen LogP contribution in [-0.2, 0) is 19.1 Å². The molecule has 0 radical (unpaired) electrons. The number of carbonyl (C=O) groups excluding carboxylic acids is 2. The van der Waals surface area contributed by atoms with Gasteiger partial charge in [0.2, 0.25) is 0 Å². The molecule has 0 amide bonds. The lowest BCUT2D eigenvalue weighted by atomic mass is 10.2. The molecule has 0 aliphatic rings. The van der Waals surface area contributed by atoms with Gasteiger partial charge in [-0.3, -0.25) is 14.5 Å². The van der Waals surface area contributed by atoms with Gasteiger partial charge in [-0.25, -0.2) is 0 Å². The molecule has 6 heteroatoms. The van der Waals surface area contributed by atoms with Crippen LogP contribution in [0, 0.1) is 6.92 Å². The third kappa shape index (κ3) is 6.27. The smallest absolute Gasteiger partial charge is 0.319 e. The maximum absolute atomic E-state index is 11.3. The number of methoxy groups -OCH3 is 2. The molecule has 1 aromatic rings. The number of ether oxygens (including phenoxy) is 3. The molecule has 0 saturated heterocycles. The molecular weight excluding hydrogens is 274 g/mol. The van der Waals surface area contributed by atoms with Crippen LogP contribution >= 0.6 is 0 Å². The average Bonchev–Trinajstić information content (AvgIpc) is 2.48. The highest BCUT2D eigenvalue weighted by molar-refractivity contribution is 5.74. The Balaban J connectivity index is 2.50. The van der Waals surface area contributed by atoms with E-state index in [-0.39, 0.29) is 13.1 Å². The SMILES string of the molecule is COC(=O)CN(CCOc1ccccc1C)CC(=O)OC. The lowest BCUT2D eigenvalue weighted by molar-refractivity contribution is -0.145. The van der Waals surface area contributed by atoms with Gasteiger partial charge >= 0.3 is 11.9 Å². The molecule has 116 valence electrons. The largest absolute Gasteiger partial charge is 0.492 e. The number of carbonyl (C=O) groups is 2. The fourth-order valence-corrected chi connectivity index (χ4v) is 1.71. The summed E-state index contributed by atoms with van der Waals surface area (Å²) in [5.74, 6) is -0.0295. The van der Waals surface area contributed by atoms with Crippen LogP contribution in [0.2, 0.25) is 0 Å². The molecular formula is C15H21NO5. The summed E-state index contributed by atoms with van der Waals surface area (Å²) in [4.78, 5) is 24.3. The summed E-state index contributed by atoms with van der Waals surface area (Å²) >= 11 is 0. The first-order chi connectivity index (χ1) is 10.1. The van der Waals surface area contributed by atoms with E-state index in [0.717, 1.165) is 11.3 Å². The van der Waals surface area contributed by atoms with Gasteiger partial charge in [0.15, 0.2) is 0 Å². The third-order valence-corrected chi connectivity index (χ3v) is 2.92. The van der Waals surface area contributed by atoms with Gasteiger partial charge in [0, 0.05) is 6.54 Å². The van der Waals surface area contributed by atoms with Gasteiger partial charge in [0.1, 0.15) is 12.4 Å². The van der Waals surface area contributed by atoms with Crippen molar-refractivity contribution in [3.05, 3.63) is 29.8 Å². The van der Waals surface area contributed by atoms with Crippen LogP contribution in [0.25, 0.3) is 0 Å². The third-order valence-electron chi connectivity index (χ3n) is 2.92. The molecule has 0 spiro atoms. The fraction of sp³-hybridized carbons (Fsp3) is 0.467. The number of hydrogen-bond acceptors (Lipinski definition) is 6. The van der Waals surface area contributed by atoms with Crippen molar-refractivity contribution in [1.29, 1.82) is 0 Å². The van der Waals surface area contributed by atoms with E-state index in [9.17, 15) is 9.59 Å². The fourth-order valence-electron chi connectivity index (χ4n) is 1.71. The molecule has 0 N–H and O–H groups in total. The van der Waals surface area contributed by atoms with Gasteiger partial charge in [-0.2, -0.15) is 0 Å². The number of para-hydroxylation sites is 1. The number of esters is 2. The van der Waals surface area contributed by atoms with Crippen LogP contribution < -0.4 is 4.74 Å². The molecule has 1 rings (SSSR count). The van der Waals surface area contributed by atoms with Gasteiger partial charge in [-0.05, 0) is 18.6 Å². The number of hydrogen-bond donors (Lipinski definition) is 0. The minimum atomic E-state index is -0.408. The van der Waals surface area contributed by atoms with Crippen molar-refractivity contribution in [2.75, 3.05) is 40.5 Å². The number of benzene rings is 1. The average molecular weight is 295 g/mol. The summed E-state index contributed by atoms with van der Waals surface area (Å²) in [6, 6.07) is 7.66. The molecule has 0 bridgehead atoms. The normalized spacial score (nSPS) is 10.3. The van der Waals surface area contributed by atoms with E-state index < -0.39 is 11.9 Å². The number of rotatable bonds is 8. The first-order valence-corrected chi connectivity index (χ1v) is 6.61. The zero-order valence-electron chi connectivity index (χ0n) is 12.6.